The Kier molecular flexibility index (Phi) is 43.0. The number of nitrogens with zero attached hydrogens (tertiary/aromatic N) is 14. The first-order chi connectivity index (χ1) is 60.3. The Morgan fingerprint density at radius 3 is 1.11 bits per heavy atom. The molecule has 4 aliphatic heterocycles. The largest absolute Gasteiger partial charge is 0.480 e. The van der Waals surface area contributed by atoms with Crippen LogP contribution in [0.3, 0.4) is 0 Å². The molecule has 0 bridgehead atoms. The molecule has 0 saturated carbocycles. The van der Waals surface area contributed by atoms with E-state index in [1.807, 2.05) is 94.4 Å². The van der Waals surface area contributed by atoms with Gasteiger partial charge in [-0.3, -0.25) is 71.7 Å². The molecule has 4 saturated heterocycles. The fraction of sp³-hybridized carbons (Fsp3) is 0.802. The minimum absolute atomic E-state index is 0.0172. The second-order valence-corrected chi connectivity index (χ2v) is 34.2. The van der Waals surface area contributed by atoms with Crippen LogP contribution in [-0.2, 0) is 157 Å². The fourth-order valence-electron chi connectivity index (χ4n) is 16.9. The normalized spacial score (nSPS) is 26.4. The first-order valence-electron chi connectivity index (χ1n) is 45.2. The van der Waals surface area contributed by atoms with Crippen molar-refractivity contribution in [3.05, 3.63) is 47.6 Å². The first kappa shape index (κ1) is 103. The van der Waals surface area contributed by atoms with E-state index in [1.165, 1.54) is 55.4 Å². The highest BCUT2D eigenvalue weighted by molar-refractivity contribution is 5.75. The maximum absolute atomic E-state index is 13.8. The van der Waals surface area contributed by atoms with Crippen LogP contribution in [0.2, 0.25) is 0 Å². The predicted molar refractivity (Wildman–Crippen MR) is 451 cm³/mol. The lowest BCUT2D eigenvalue weighted by atomic mass is 9.82. The molecule has 40 nitrogen and oxygen atoms in total. The molecule has 8 heterocycles. The molecule has 21 atom stereocenters. The molecule has 126 heavy (non-hydrogen) atoms. The molecule has 40 heteroatoms. The van der Waals surface area contributed by atoms with Crippen LogP contribution >= 0.6 is 0 Å². The van der Waals surface area contributed by atoms with E-state index in [4.69, 9.17) is 61.6 Å². The molecule has 4 N–H and O–H groups in total. The number of rotatable bonds is 55. The molecule has 1 unspecified atom stereocenters. The zero-order chi connectivity index (χ0) is 91.5. The number of carbonyl (C=O) groups is 9. The van der Waals surface area contributed by atoms with Gasteiger partial charge in [-0.1, -0.05) is 82.7 Å². The molecule has 8 rings (SSSR count). The van der Waals surface area contributed by atoms with Crippen LogP contribution in [0.25, 0.3) is 0 Å². The Morgan fingerprint density at radius 1 is 0.389 bits per heavy atom. The second kappa shape index (κ2) is 52.8. The summed E-state index contributed by atoms with van der Waals surface area (Å²) in [4.78, 5) is 115. The lowest BCUT2D eigenvalue weighted by Crippen LogP contribution is -2.62. The van der Waals surface area contributed by atoms with Crippen molar-refractivity contribution in [3.63, 3.8) is 0 Å². The summed E-state index contributed by atoms with van der Waals surface area (Å²) in [5, 5.41) is 56.4. The molecule has 4 fully saturated rings. The van der Waals surface area contributed by atoms with Crippen molar-refractivity contribution in [1.29, 1.82) is 0 Å². The summed E-state index contributed by atoms with van der Waals surface area (Å²) in [6.07, 6.45) is 12.5. The number of unbranched alkanes of at least 4 members (excludes halogenated alkanes) is 9. The zero-order valence-corrected chi connectivity index (χ0v) is 76.8. The molecule has 3 amide bonds. The average molecular weight is 1780 g/mol. The van der Waals surface area contributed by atoms with E-state index in [-0.39, 0.29) is 104 Å². The van der Waals surface area contributed by atoms with Crippen LogP contribution in [0.15, 0.2) is 24.8 Å². The van der Waals surface area contributed by atoms with Gasteiger partial charge in [-0.05, 0) is 121 Å². The lowest BCUT2D eigenvalue weighted by Gasteiger charge is -2.44. The van der Waals surface area contributed by atoms with Gasteiger partial charge in [0.1, 0.15) is 55.8 Å². The molecule has 4 aromatic rings. The molecule has 0 spiro atoms. The Hall–Kier alpha value is -8.61. The first-order valence-corrected chi connectivity index (χ1v) is 45.2. The van der Waals surface area contributed by atoms with Gasteiger partial charge in [0, 0.05) is 183 Å². The highest BCUT2D eigenvalue weighted by atomic mass is 16.7. The second-order valence-electron chi connectivity index (χ2n) is 34.2. The van der Waals surface area contributed by atoms with Crippen LogP contribution in [0.1, 0.15) is 243 Å². The summed E-state index contributed by atoms with van der Waals surface area (Å²) >= 11 is 0. The number of carbonyl (C=O) groups excluding carboxylic acids is 8. The topological polar surface area (TPSA) is 459 Å². The molecule has 708 valence electrons. The number of carboxylic acid groups (broad SMARTS) is 1. The van der Waals surface area contributed by atoms with Gasteiger partial charge < -0.3 is 82.6 Å². The number of ether oxygens (including phenoxy) is 13. The number of hydrogen-bond donors (Lipinski definition) is 4. The van der Waals surface area contributed by atoms with Gasteiger partial charge in [-0.25, -0.2) is 0 Å². The van der Waals surface area contributed by atoms with Crippen molar-refractivity contribution in [1.82, 2.24) is 85.7 Å². The number of hydrogen-bond acceptors (Lipinski definition) is 32. The molecule has 0 radical (unpaired) electrons. The number of nitrogens with one attached hydrogen (secondary N) is 3. The summed E-state index contributed by atoms with van der Waals surface area (Å²) in [6.45, 7) is 32.0. The Morgan fingerprint density at radius 2 is 0.738 bits per heavy atom. The van der Waals surface area contributed by atoms with E-state index in [0.717, 1.165) is 56.3 Å². The summed E-state index contributed by atoms with van der Waals surface area (Å²) < 4.78 is 85.0. The number of aryl methyl sites for hydroxylation is 4. The van der Waals surface area contributed by atoms with Crippen LogP contribution in [-0.4, -0.2) is 267 Å². The number of aliphatic carboxylic acids is 1. The van der Waals surface area contributed by atoms with Crippen molar-refractivity contribution in [2.45, 2.75) is 364 Å². The summed E-state index contributed by atoms with van der Waals surface area (Å²) in [7, 11) is 0. The van der Waals surface area contributed by atoms with Gasteiger partial charge in [-0.15, -0.1) is 20.4 Å². The van der Waals surface area contributed by atoms with Gasteiger partial charge in [0.2, 0.25) is 17.7 Å². The third-order valence-electron chi connectivity index (χ3n) is 23.9. The molecule has 0 aromatic carbocycles. The van der Waals surface area contributed by atoms with Gasteiger partial charge in [0.25, 0.3) is 0 Å². The molecule has 0 aliphatic carbocycles. The van der Waals surface area contributed by atoms with Gasteiger partial charge in [-0.2, -0.15) is 0 Å². The van der Waals surface area contributed by atoms with Crippen molar-refractivity contribution in [2.24, 2.45) is 35.5 Å². The highest BCUT2D eigenvalue weighted by Gasteiger charge is 2.50. The Balaban J connectivity index is 0.915. The molecular formula is C86H141N17O23. The maximum Gasteiger partial charge on any atom is 0.320 e. The van der Waals surface area contributed by atoms with Gasteiger partial charge in [0.15, 0.2) is 25.2 Å². The number of amides is 3. The summed E-state index contributed by atoms with van der Waals surface area (Å²) in [5.74, 6) is -4.72. The Labute approximate surface area is 739 Å². The van der Waals surface area contributed by atoms with Crippen LogP contribution in [0.4, 0.5) is 0 Å². The standard InChI is InChI=1S/C86H141N17O23/c1-17-72-57(7)80(121-65(15)110)77(88-60(10)105)85(123-72)116-41-31-21-26-36-101-48-68(91-95-101)44-98(43-67-47-100(94-90-67)35-25-20-30-40-115-84-76(87-59(9)104)54(4)53(3)74(125-84)51-118-62(12)107)34-28-23-33-71(82(112)113)99(45-69-49-102(96-92-69)37-24-19-29-39-114-83-56(6)55(5)79(120-64(14)109)75(126-83)52-119-63(13)108)46-70-50-103(97-93-70)38-27-22-32-42-117-86-78(89-61(11)106)81(122-66(16)111)58(8)73(18-2)124-86/h47-50,53-58,71-81,83-86H,17-46,51-52H2,1-16H3,(H,87,104)(H,88,105)(H,89,106)(H,112,113)/t53-,54+,55-,56-,57+,58+,71+,72-,73-,74-,75-,76-,77-,78-,79-,80+,81+,83-,84-,85-,86?/m1/s1. The molecule has 4 aromatic heterocycles. The summed E-state index contributed by atoms with van der Waals surface area (Å²) in [5.41, 5.74) is 2.56. The zero-order valence-electron chi connectivity index (χ0n) is 76.8. The quantitative estimate of drug-likeness (QED) is 0.0194. The van der Waals surface area contributed by atoms with E-state index in [0.29, 0.717) is 141 Å². The number of aromatic nitrogens is 12. The average Bonchev–Trinajstić information content (AvgIpc) is 1.37. The monoisotopic (exact) mass is 1780 g/mol. The van der Waals surface area contributed by atoms with Gasteiger partial charge >= 0.3 is 35.8 Å². The third kappa shape index (κ3) is 33.5. The van der Waals surface area contributed by atoms with E-state index in [1.54, 1.807) is 9.36 Å². The fourth-order valence-corrected chi connectivity index (χ4v) is 16.9. The minimum Gasteiger partial charge on any atom is -0.480 e. The van der Waals surface area contributed by atoms with Crippen LogP contribution < -0.4 is 16.0 Å². The van der Waals surface area contributed by atoms with Crippen LogP contribution in [0.5, 0.6) is 0 Å². The minimum atomic E-state index is -1.02. The van der Waals surface area contributed by atoms with Crippen molar-refractivity contribution < 1.29 is 110 Å². The van der Waals surface area contributed by atoms with E-state index < -0.39 is 110 Å². The van der Waals surface area contributed by atoms with E-state index in [9.17, 15) is 48.3 Å². The van der Waals surface area contributed by atoms with Gasteiger partial charge in [0.05, 0.1) is 47.1 Å². The van der Waals surface area contributed by atoms with Crippen molar-refractivity contribution >= 4 is 53.5 Å². The lowest BCUT2D eigenvalue weighted by molar-refractivity contribution is -0.273. The van der Waals surface area contributed by atoms with E-state index in [2.05, 4.69) is 62.1 Å². The number of carboxylic acids is 1. The summed E-state index contributed by atoms with van der Waals surface area (Å²) in [6, 6.07) is -2.76. The number of esters is 5. The molecular weight excluding hydrogens is 1640 g/mol. The van der Waals surface area contributed by atoms with Crippen molar-refractivity contribution in [2.75, 3.05) is 46.2 Å². The molecule has 4 aliphatic rings. The SMILES string of the molecule is CC[C@H]1O[C@@H](OCCCCCn2cc(CN(CCCC[C@@H](C(=O)O)N(Cc3cn(CCCCCOC4O[C@H](CC)[C@H](C)[C@H](OC(C)=O)[C@H]4NC(C)=O)nn3)Cc3cn(CCCCCO[C@@H]4O[C@H](COC(C)=O)[C@H](OC(C)=O)[C@H](C)[C@H]4C)nn3)Cc3cn(CCCCCO[C@@H]4O[C@H](COC(C)=O)[C@H](C)[C@H](C)[C@H]4NC(C)=O)nn3)nn2)[C@H](NC(C)=O)[C@@H](OC(C)=O)[C@H]1C. The highest BCUT2D eigenvalue weighted by Crippen LogP contribution is 2.37. The maximum atomic E-state index is 13.8. The predicted octanol–water partition coefficient (Wildman–Crippen LogP) is 7.10. The Bertz CT molecular complexity index is 3990. The third-order valence-corrected chi connectivity index (χ3v) is 23.9. The van der Waals surface area contributed by atoms with Crippen molar-refractivity contribution in [3.8, 4) is 0 Å². The smallest absolute Gasteiger partial charge is 0.320 e. The van der Waals surface area contributed by atoms with E-state index >= 15 is 0 Å². The van der Waals surface area contributed by atoms with Crippen LogP contribution in [0, 0.1) is 35.5 Å².